The van der Waals surface area contributed by atoms with Crippen LogP contribution >= 0.6 is 11.3 Å². The lowest BCUT2D eigenvalue weighted by Crippen LogP contribution is -2.05. The smallest absolute Gasteiger partial charge is 0.178 e. The maximum absolute atomic E-state index is 12.2. The van der Waals surface area contributed by atoms with Crippen LogP contribution in [0.25, 0.3) is 20.9 Å². The fourth-order valence-corrected chi connectivity index (χ4v) is 4.05. The Morgan fingerprint density at radius 2 is 2.10 bits per heavy atom. The van der Waals surface area contributed by atoms with Crippen molar-refractivity contribution in [3.05, 3.63) is 36.3 Å². The highest BCUT2D eigenvalue weighted by molar-refractivity contribution is 7.91. The second-order valence-corrected chi connectivity index (χ2v) is 7.86. The fourth-order valence-electron chi connectivity index (χ4n) is 2.01. The second-order valence-electron chi connectivity index (χ2n) is 4.63. The fraction of sp³-hybridized carbons (Fsp3) is 0.214. The topological polar surface area (TPSA) is 72.8 Å². The third kappa shape index (κ3) is 2.54. The predicted molar refractivity (Wildman–Crippen MR) is 83.1 cm³/mol. The van der Waals surface area contributed by atoms with Gasteiger partial charge in [-0.3, -0.25) is 4.98 Å². The van der Waals surface area contributed by atoms with E-state index in [0.29, 0.717) is 10.6 Å². The van der Waals surface area contributed by atoms with Crippen molar-refractivity contribution >= 4 is 31.5 Å². The van der Waals surface area contributed by atoms with Crippen LogP contribution in [0.5, 0.6) is 0 Å². The molecule has 0 aliphatic carbocycles. The molecule has 0 aliphatic heterocycles. The van der Waals surface area contributed by atoms with E-state index in [2.05, 4.69) is 15.0 Å². The molecule has 0 saturated heterocycles. The molecule has 0 unspecified atom stereocenters. The van der Waals surface area contributed by atoms with Gasteiger partial charge < -0.3 is 0 Å². The summed E-state index contributed by atoms with van der Waals surface area (Å²) in [5, 5.41) is 0.628. The van der Waals surface area contributed by atoms with Gasteiger partial charge in [0.15, 0.2) is 9.84 Å². The largest absolute Gasteiger partial charge is 0.264 e. The van der Waals surface area contributed by atoms with Gasteiger partial charge in [0.25, 0.3) is 0 Å². The minimum atomic E-state index is -3.32. The lowest BCUT2D eigenvalue weighted by molar-refractivity contribution is 0.597. The Morgan fingerprint density at radius 1 is 1.29 bits per heavy atom. The van der Waals surface area contributed by atoms with Gasteiger partial charge in [0, 0.05) is 24.2 Å². The molecule has 0 aliphatic rings. The molecule has 0 saturated carbocycles. The van der Waals surface area contributed by atoms with E-state index < -0.39 is 9.84 Å². The molecule has 3 aromatic heterocycles. The van der Waals surface area contributed by atoms with Crippen molar-refractivity contribution in [2.75, 3.05) is 5.75 Å². The van der Waals surface area contributed by atoms with E-state index in [1.54, 1.807) is 19.3 Å². The lowest BCUT2D eigenvalue weighted by Gasteiger charge is -2.05. The summed E-state index contributed by atoms with van der Waals surface area (Å²) in [7, 11) is -3.32. The summed E-state index contributed by atoms with van der Waals surface area (Å²) in [5.74, 6) is 0.0479. The molecule has 0 fully saturated rings. The average molecular weight is 319 g/mol. The van der Waals surface area contributed by atoms with Crippen molar-refractivity contribution in [1.82, 2.24) is 15.0 Å². The Bertz CT molecular complexity index is 917. The number of nitrogens with zero attached hydrogens (tertiary/aromatic N) is 3. The quantitative estimate of drug-likeness (QED) is 0.742. The van der Waals surface area contributed by atoms with E-state index in [4.69, 9.17) is 0 Å². The highest BCUT2D eigenvalue weighted by atomic mass is 32.2. The van der Waals surface area contributed by atoms with Crippen molar-refractivity contribution in [3.63, 3.8) is 0 Å². The number of pyridine rings is 2. The molecule has 7 heteroatoms. The van der Waals surface area contributed by atoms with Crippen LogP contribution in [0.15, 0.2) is 35.6 Å². The van der Waals surface area contributed by atoms with Crippen LogP contribution in [0.3, 0.4) is 0 Å². The number of hydrogen-bond donors (Lipinski definition) is 0. The van der Waals surface area contributed by atoms with Crippen LogP contribution in [-0.4, -0.2) is 29.1 Å². The van der Waals surface area contributed by atoms with Crippen LogP contribution < -0.4 is 0 Å². The van der Waals surface area contributed by atoms with Gasteiger partial charge in [-0.1, -0.05) is 18.3 Å². The first kappa shape index (κ1) is 14.1. The summed E-state index contributed by atoms with van der Waals surface area (Å²) < 4.78 is 24.4. The molecule has 0 spiro atoms. The van der Waals surface area contributed by atoms with Gasteiger partial charge >= 0.3 is 0 Å². The minimum Gasteiger partial charge on any atom is -0.264 e. The molecule has 3 rings (SSSR count). The molecule has 0 N–H and O–H groups in total. The lowest BCUT2D eigenvalue weighted by atomic mass is 10.3. The van der Waals surface area contributed by atoms with Gasteiger partial charge in [-0.25, -0.2) is 18.4 Å². The molecule has 0 radical (unpaired) electrons. The number of fused-ring (bicyclic) bond motifs is 1. The van der Waals surface area contributed by atoms with Crippen molar-refractivity contribution in [2.45, 2.75) is 18.7 Å². The Balaban J connectivity index is 2.24. The molecule has 0 aromatic carbocycles. The number of hydrogen-bond acceptors (Lipinski definition) is 6. The Hall–Kier alpha value is -1.86. The maximum atomic E-state index is 12.2. The summed E-state index contributed by atoms with van der Waals surface area (Å²) in [5.41, 5.74) is 2.34. The first-order chi connectivity index (χ1) is 10.0. The molecule has 108 valence electrons. The molecule has 0 bridgehead atoms. The van der Waals surface area contributed by atoms with Crippen molar-refractivity contribution in [1.29, 1.82) is 0 Å². The van der Waals surface area contributed by atoms with Gasteiger partial charge in [-0.15, -0.1) is 0 Å². The number of thiazole rings is 1. The van der Waals surface area contributed by atoms with Gasteiger partial charge in [0.05, 0.1) is 10.6 Å². The number of aryl methyl sites for hydroxylation is 1. The summed E-state index contributed by atoms with van der Waals surface area (Å²) in [6, 6.07) is 3.46. The van der Waals surface area contributed by atoms with Crippen molar-refractivity contribution < 1.29 is 8.42 Å². The Labute approximate surface area is 126 Å². The average Bonchev–Trinajstić information content (AvgIpc) is 2.90. The first-order valence-electron chi connectivity index (χ1n) is 6.41. The first-order valence-corrected chi connectivity index (χ1v) is 8.88. The maximum Gasteiger partial charge on any atom is 0.178 e. The third-order valence-corrected chi connectivity index (χ3v) is 5.91. The molecule has 0 amide bonds. The summed E-state index contributed by atoms with van der Waals surface area (Å²) in [6.45, 7) is 3.57. The third-order valence-electron chi connectivity index (χ3n) is 3.11. The van der Waals surface area contributed by atoms with Gasteiger partial charge in [-0.05, 0) is 24.6 Å². The highest BCUT2D eigenvalue weighted by Gasteiger charge is 2.20. The molecule has 0 atom stereocenters. The molecular formula is C14H13N3O2S2. The summed E-state index contributed by atoms with van der Waals surface area (Å²) in [4.78, 5) is 13.9. The van der Waals surface area contributed by atoms with Crippen LogP contribution in [0.4, 0.5) is 0 Å². The number of sulfone groups is 1. The van der Waals surface area contributed by atoms with E-state index in [0.717, 1.165) is 15.9 Å². The summed E-state index contributed by atoms with van der Waals surface area (Å²) >= 11 is 1.37. The zero-order valence-corrected chi connectivity index (χ0v) is 13.2. The van der Waals surface area contributed by atoms with E-state index in [1.807, 2.05) is 13.0 Å². The second kappa shape index (κ2) is 5.16. The van der Waals surface area contributed by atoms with Crippen LogP contribution in [0.1, 0.15) is 12.5 Å². The van der Waals surface area contributed by atoms with Crippen LogP contribution in [0, 0.1) is 6.92 Å². The van der Waals surface area contributed by atoms with Gasteiger partial charge in [0.1, 0.15) is 15.4 Å². The Morgan fingerprint density at radius 3 is 2.86 bits per heavy atom. The predicted octanol–water partition coefficient (Wildman–Crippen LogP) is 2.86. The van der Waals surface area contributed by atoms with Crippen molar-refractivity contribution in [3.8, 4) is 10.6 Å². The highest BCUT2D eigenvalue weighted by Crippen LogP contribution is 2.33. The zero-order valence-electron chi connectivity index (χ0n) is 11.6. The molecule has 21 heavy (non-hydrogen) atoms. The summed E-state index contributed by atoms with van der Waals surface area (Å²) in [6.07, 6.45) is 4.81. The zero-order chi connectivity index (χ0) is 15.0. The monoisotopic (exact) mass is 319 g/mol. The van der Waals surface area contributed by atoms with Crippen molar-refractivity contribution in [2.24, 2.45) is 0 Å². The van der Waals surface area contributed by atoms with E-state index in [1.165, 1.54) is 23.6 Å². The SMILES string of the molecule is CCS(=O)(=O)c1ccncc1-c1nc2cc(C)cnc2s1. The molecule has 5 nitrogen and oxygen atoms in total. The van der Waals surface area contributed by atoms with Crippen LogP contribution in [-0.2, 0) is 9.84 Å². The Kier molecular flexibility index (Phi) is 3.46. The standard InChI is InChI=1S/C14H13N3O2S2/c1-3-21(18,19)12-4-5-15-8-10(12)13-17-11-6-9(2)7-16-14(11)20-13/h4-8H,3H2,1-2H3. The van der Waals surface area contributed by atoms with Gasteiger partial charge in [0.2, 0.25) is 0 Å². The normalized spacial score (nSPS) is 11.9. The van der Waals surface area contributed by atoms with Gasteiger partial charge in [-0.2, -0.15) is 0 Å². The molecule has 3 heterocycles. The number of aromatic nitrogens is 3. The molecule has 3 aromatic rings. The van der Waals surface area contributed by atoms with E-state index >= 15 is 0 Å². The number of rotatable bonds is 3. The van der Waals surface area contributed by atoms with E-state index in [-0.39, 0.29) is 10.6 Å². The molecular weight excluding hydrogens is 306 g/mol. The minimum absolute atomic E-state index is 0.0479. The van der Waals surface area contributed by atoms with Crippen LogP contribution in [0.2, 0.25) is 0 Å². The van der Waals surface area contributed by atoms with E-state index in [9.17, 15) is 8.42 Å².